The smallest absolute Gasteiger partial charge is 0.318 e. The molecule has 0 bridgehead atoms. The third-order valence-electron chi connectivity index (χ3n) is 7.35. The predicted molar refractivity (Wildman–Crippen MR) is 153 cm³/mol. The number of hydrogen-bond acceptors (Lipinski definition) is 8. The van der Waals surface area contributed by atoms with Crippen LogP contribution in [-0.4, -0.2) is 79.4 Å². The summed E-state index contributed by atoms with van der Waals surface area (Å²) in [5, 5.41) is 11.8. The van der Waals surface area contributed by atoms with Gasteiger partial charge in [-0.15, -0.1) is 0 Å². The van der Waals surface area contributed by atoms with Gasteiger partial charge in [-0.1, -0.05) is 26.8 Å². The first-order valence-electron chi connectivity index (χ1n) is 13.8. The molecule has 10 heteroatoms. The number of aryl methyl sites for hydroxylation is 1. The van der Waals surface area contributed by atoms with Crippen LogP contribution in [0.1, 0.15) is 48.8 Å². The summed E-state index contributed by atoms with van der Waals surface area (Å²) in [6, 6.07) is 6.37. The Morgan fingerprint density at radius 2 is 1.98 bits per heavy atom. The number of nitrogens with zero attached hydrogens (tertiary/aromatic N) is 5. The average Bonchev–Trinajstić information content (AvgIpc) is 3.05. The van der Waals surface area contributed by atoms with Crippen molar-refractivity contribution in [2.24, 2.45) is 5.41 Å². The third kappa shape index (κ3) is 5.55. The molecule has 5 rings (SSSR count). The van der Waals surface area contributed by atoms with Crippen LogP contribution in [-0.2, 0) is 17.7 Å². The van der Waals surface area contributed by atoms with Crippen molar-refractivity contribution in [2.45, 2.75) is 40.2 Å². The summed E-state index contributed by atoms with van der Waals surface area (Å²) in [7, 11) is 4.04. The van der Waals surface area contributed by atoms with Crippen molar-refractivity contribution in [2.75, 3.05) is 63.4 Å². The SMILES string of the molecule is CCc1c(F)ccc2cc(O)cc(N3Cc4nc(OCC(C)(C)CN(C)C)nc(N5CCCOCC5)c4C3=O)c12. The molecule has 0 spiro atoms. The summed E-state index contributed by atoms with van der Waals surface area (Å²) in [4.78, 5) is 29.3. The minimum Gasteiger partial charge on any atom is -0.508 e. The Kier molecular flexibility index (Phi) is 7.83. The van der Waals surface area contributed by atoms with Crippen LogP contribution in [0.4, 0.5) is 15.9 Å². The highest BCUT2D eigenvalue weighted by molar-refractivity contribution is 6.16. The van der Waals surface area contributed by atoms with Crippen molar-refractivity contribution in [1.29, 1.82) is 0 Å². The van der Waals surface area contributed by atoms with Gasteiger partial charge in [0.15, 0.2) is 0 Å². The quantitative estimate of drug-likeness (QED) is 0.441. The van der Waals surface area contributed by atoms with Crippen LogP contribution in [0.25, 0.3) is 10.8 Å². The number of hydrogen-bond donors (Lipinski definition) is 1. The number of benzene rings is 2. The number of carbonyl (C=O) groups is 1. The van der Waals surface area contributed by atoms with Crippen LogP contribution in [0.2, 0.25) is 0 Å². The fraction of sp³-hybridized carbons (Fsp3) is 0.500. The lowest BCUT2D eigenvalue weighted by molar-refractivity contribution is 0.0996. The summed E-state index contributed by atoms with van der Waals surface area (Å²) in [5.74, 6) is -0.0992. The zero-order chi connectivity index (χ0) is 28.6. The first-order chi connectivity index (χ1) is 19.1. The van der Waals surface area contributed by atoms with Crippen LogP contribution in [0.3, 0.4) is 0 Å². The minimum absolute atomic E-state index is 0.00281. The van der Waals surface area contributed by atoms with Gasteiger partial charge in [-0.3, -0.25) is 4.79 Å². The van der Waals surface area contributed by atoms with E-state index in [2.05, 4.69) is 23.6 Å². The minimum atomic E-state index is -0.341. The van der Waals surface area contributed by atoms with Crippen molar-refractivity contribution >= 4 is 28.2 Å². The maximum atomic E-state index is 14.9. The van der Waals surface area contributed by atoms with Gasteiger partial charge in [0.05, 0.1) is 31.1 Å². The van der Waals surface area contributed by atoms with Gasteiger partial charge >= 0.3 is 6.01 Å². The van der Waals surface area contributed by atoms with Gasteiger partial charge in [-0.2, -0.15) is 9.97 Å². The van der Waals surface area contributed by atoms with Gasteiger partial charge in [0.25, 0.3) is 5.91 Å². The maximum Gasteiger partial charge on any atom is 0.318 e. The first-order valence-corrected chi connectivity index (χ1v) is 13.8. The van der Waals surface area contributed by atoms with E-state index in [9.17, 15) is 14.3 Å². The molecule has 1 aromatic heterocycles. The number of amides is 1. The predicted octanol–water partition coefficient (Wildman–Crippen LogP) is 4.39. The fourth-order valence-corrected chi connectivity index (χ4v) is 5.80. The Bertz CT molecular complexity index is 1420. The van der Waals surface area contributed by atoms with Crippen molar-refractivity contribution in [1.82, 2.24) is 14.9 Å². The molecule has 0 atom stereocenters. The molecule has 3 heterocycles. The second-order valence-electron chi connectivity index (χ2n) is 11.6. The highest BCUT2D eigenvalue weighted by Gasteiger charge is 2.37. The van der Waals surface area contributed by atoms with Crippen molar-refractivity contribution in [3.05, 3.63) is 46.9 Å². The number of fused-ring (bicyclic) bond motifs is 2. The Morgan fingerprint density at radius 3 is 2.73 bits per heavy atom. The molecule has 0 radical (unpaired) electrons. The highest BCUT2D eigenvalue weighted by Crippen LogP contribution is 2.41. The van der Waals surface area contributed by atoms with Gasteiger partial charge in [-0.05, 0) is 50.0 Å². The molecule has 0 aliphatic carbocycles. The average molecular weight is 552 g/mol. The molecule has 3 aromatic rings. The molecule has 0 saturated carbocycles. The Balaban J connectivity index is 1.58. The molecule has 9 nitrogen and oxygen atoms in total. The fourth-order valence-electron chi connectivity index (χ4n) is 5.80. The van der Waals surface area contributed by atoms with E-state index in [4.69, 9.17) is 19.4 Å². The van der Waals surface area contributed by atoms with Crippen molar-refractivity contribution in [3.63, 3.8) is 0 Å². The van der Waals surface area contributed by atoms with Crippen LogP contribution < -0.4 is 14.5 Å². The van der Waals surface area contributed by atoms with Gasteiger partial charge in [0, 0.05) is 43.1 Å². The van der Waals surface area contributed by atoms with Crippen LogP contribution in [0.15, 0.2) is 24.3 Å². The molecule has 40 heavy (non-hydrogen) atoms. The summed E-state index contributed by atoms with van der Waals surface area (Å²) in [6.45, 7) is 9.94. The lowest BCUT2D eigenvalue weighted by atomic mass is 9.94. The molecule has 1 amide bonds. The lowest BCUT2D eigenvalue weighted by Crippen LogP contribution is -2.34. The molecule has 1 N–H and O–H groups in total. The summed E-state index contributed by atoms with van der Waals surface area (Å²) in [6.07, 6.45) is 1.24. The molecule has 2 aliphatic heterocycles. The van der Waals surface area contributed by atoms with Crippen LogP contribution in [0.5, 0.6) is 11.8 Å². The number of ether oxygens (including phenoxy) is 2. The lowest BCUT2D eigenvalue weighted by Gasteiger charge is -2.28. The monoisotopic (exact) mass is 551 g/mol. The summed E-state index contributed by atoms with van der Waals surface area (Å²) < 4.78 is 26.7. The van der Waals surface area contributed by atoms with E-state index in [-0.39, 0.29) is 35.4 Å². The van der Waals surface area contributed by atoms with E-state index >= 15 is 0 Å². The normalized spacial score (nSPS) is 16.1. The second-order valence-corrected chi connectivity index (χ2v) is 11.6. The van der Waals surface area contributed by atoms with E-state index in [1.807, 2.05) is 21.0 Å². The largest absolute Gasteiger partial charge is 0.508 e. The molecule has 2 aliphatic rings. The number of phenolic OH excluding ortho intramolecular Hbond substituents is 1. The van der Waals surface area contributed by atoms with Crippen molar-refractivity contribution in [3.8, 4) is 11.8 Å². The number of halogens is 1. The van der Waals surface area contributed by atoms with Gasteiger partial charge < -0.3 is 29.3 Å². The number of aromatic hydroxyl groups is 1. The number of anilines is 2. The highest BCUT2D eigenvalue weighted by atomic mass is 19.1. The third-order valence-corrected chi connectivity index (χ3v) is 7.35. The maximum absolute atomic E-state index is 14.9. The zero-order valence-electron chi connectivity index (χ0n) is 24.0. The van der Waals surface area contributed by atoms with E-state index in [1.165, 1.54) is 12.1 Å². The van der Waals surface area contributed by atoms with E-state index in [1.54, 1.807) is 17.0 Å². The summed E-state index contributed by atoms with van der Waals surface area (Å²) >= 11 is 0. The Labute approximate surface area is 234 Å². The molecular weight excluding hydrogens is 513 g/mol. The van der Waals surface area contributed by atoms with E-state index in [0.717, 1.165) is 13.0 Å². The number of phenols is 1. The number of aromatic nitrogens is 2. The molecule has 2 aromatic carbocycles. The standard InChI is InChI=1S/C30H38FN5O4/c1-6-21-22(31)9-8-19-14-20(37)15-24(25(19)21)36-16-23-26(28(36)38)27(35-10-7-12-39-13-11-35)33-29(32-23)40-18-30(2,3)17-34(4)5/h8-9,14-15,37H,6-7,10-13,16-18H2,1-5H3. The zero-order valence-corrected chi connectivity index (χ0v) is 24.0. The Hall–Kier alpha value is -3.50. The molecule has 1 saturated heterocycles. The van der Waals surface area contributed by atoms with Crippen molar-refractivity contribution < 1.29 is 23.8 Å². The summed E-state index contributed by atoms with van der Waals surface area (Å²) in [5.41, 5.74) is 1.76. The molecule has 1 fully saturated rings. The van der Waals surface area contributed by atoms with Crippen LogP contribution >= 0.6 is 0 Å². The molecular formula is C30H38FN5O4. The van der Waals surface area contributed by atoms with Gasteiger partial charge in [0.2, 0.25) is 0 Å². The molecule has 0 unspecified atom stereocenters. The molecule has 214 valence electrons. The second kappa shape index (κ2) is 11.2. The first kappa shape index (κ1) is 28.0. The van der Waals surface area contributed by atoms with Gasteiger partial charge in [0.1, 0.15) is 22.9 Å². The Morgan fingerprint density at radius 1 is 1.18 bits per heavy atom. The van der Waals surface area contributed by atoms with E-state index < -0.39 is 0 Å². The topological polar surface area (TPSA) is 91.3 Å². The van der Waals surface area contributed by atoms with Crippen LogP contribution in [0, 0.1) is 11.2 Å². The van der Waals surface area contributed by atoms with E-state index in [0.29, 0.717) is 78.4 Å². The number of carbonyl (C=O) groups excluding carboxylic acids is 1. The van der Waals surface area contributed by atoms with Gasteiger partial charge in [-0.25, -0.2) is 4.39 Å². The number of rotatable bonds is 8.